The van der Waals surface area contributed by atoms with Crippen molar-refractivity contribution in [2.45, 2.75) is 62.9 Å². The SMILES string of the molecule is C#C/C=C\C[C@@H](Cl)[C@H]1CC=CC[C@H]([C@H](CC)OCc2ccccc2)O1. The molecular formula is C22H27ClO2. The molecule has 0 aliphatic carbocycles. The minimum absolute atomic E-state index is 0.0234. The number of terminal acetylenes is 1. The number of ether oxygens (including phenoxy) is 2. The molecule has 0 N–H and O–H groups in total. The summed E-state index contributed by atoms with van der Waals surface area (Å²) < 4.78 is 12.5. The van der Waals surface area contributed by atoms with Gasteiger partial charge in [-0.2, -0.15) is 0 Å². The van der Waals surface area contributed by atoms with Gasteiger partial charge in [0.1, 0.15) is 0 Å². The molecule has 0 fully saturated rings. The monoisotopic (exact) mass is 358 g/mol. The molecule has 0 saturated heterocycles. The van der Waals surface area contributed by atoms with E-state index in [1.807, 2.05) is 24.3 Å². The van der Waals surface area contributed by atoms with E-state index in [1.165, 1.54) is 5.56 Å². The van der Waals surface area contributed by atoms with Crippen LogP contribution in [0.3, 0.4) is 0 Å². The molecule has 0 amide bonds. The number of halogens is 1. The highest BCUT2D eigenvalue weighted by molar-refractivity contribution is 6.21. The third kappa shape index (κ3) is 6.71. The second-order valence-electron chi connectivity index (χ2n) is 6.22. The maximum absolute atomic E-state index is 6.53. The highest BCUT2D eigenvalue weighted by atomic mass is 35.5. The summed E-state index contributed by atoms with van der Waals surface area (Å²) in [4.78, 5) is 0. The van der Waals surface area contributed by atoms with Gasteiger partial charge in [0.2, 0.25) is 0 Å². The predicted octanol–water partition coefficient (Wildman–Crippen LogP) is 5.27. The quantitative estimate of drug-likeness (QED) is 0.358. The molecular weight excluding hydrogens is 332 g/mol. The third-order valence-electron chi connectivity index (χ3n) is 4.36. The summed E-state index contributed by atoms with van der Waals surface area (Å²) in [6.07, 6.45) is 16.5. The van der Waals surface area contributed by atoms with E-state index >= 15 is 0 Å². The third-order valence-corrected chi connectivity index (χ3v) is 4.81. The lowest BCUT2D eigenvalue weighted by molar-refractivity contribution is -0.104. The molecule has 4 atom stereocenters. The highest BCUT2D eigenvalue weighted by Gasteiger charge is 2.28. The zero-order valence-corrected chi connectivity index (χ0v) is 15.6. The maximum Gasteiger partial charge on any atom is 0.0875 e. The van der Waals surface area contributed by atoms with Crippen LogP contribution in [-0.4, -0.2) is 23.7 Å². The Morgan fingerprint density at radius 3 is 2.68 bits per heavy atom. The second kappa shape index (κ2) is 11.2. The van der Waals surface area contributed by atoms with Gasteiger partial charge in [-0.05, 0) is 37.3 Å². The number of hydrogen-bond donors (Lipinski definition) is 0. The van der Waals surface area contributed by atoms with Crippen molar-refractivity contribution < 1.29 is 9.47 Å². The van der Waals surface area contributed by atoms with E-state index < -0.39 is 0 Å². The molecule has 0 aromatic heterocycles. The van der Waals surface area contributed by atoms with E-state index in [-0.39, 0.29) is 23.7 Å². The minimum Gasteiger partial charge on any atom is -0.371 e. The zero-order valence-electron chi connectivity index (χ0n) is 14.8. The molecule has 2 rings (SSSR count). The van der Waals surface area contributed by atoms with Gasteiger partial charge in [-0.3, -0.25) is 0 Å². The van der Waals surface area contributed by atoms with Crippen LogP contribution in [0.5, 0.6) is 0 Å². The Morgan fingerprint density at radius 1 is 1.28 bits per heavy atom. The molecule has 0 radical (unpaired) electrons. The van der Waals surface area contributed by atoms with E-state index in [0.717, 1.165) is 19.3 Å². The van der Waals surface area contributed by atoms with Crippen LogP contribution in [0.25, 0.3) is 0 Å². The first kappa shape index (κ1) is 19.8. The molecule has 2 nitrogen and oxygen atoms in total. The molecule has 0 saturated carbocycles. The first-order valence-electron chi connectivity index (χ1n) is 8.95. The van der Waals surface area contributed by atoms with Crippen molar-refractivity contribution in [1.82, 2.24) is 0 Å². The molecule has 0 unspecified atom stereocenters. The van der Waals surface area contributed by atoms with Crippen LogP contribution < -0.4 is 0 Å². The fourth-order valence-corrected chi connectivity index (χ4v) is 3.22. The number of alkyl halides is 1. The van der Waals surface area contributed by atoms with Gasteiger partial charge in [-0.25, -0.2) is 0 Å². The molecule has 0 spiro atoms. The van der Waals surface area contributed by atoms with Gasteiger partial charge in [0, 0.05) is 0 Å². The van der Waals surface area contributed by atoms with Crippen LogP contribution in [0.2, 0.25) is 0 Å². The Hall–Kier alpha value is -1.53. The first-order valence-corrected chi connectivity index (χ1v) is 9.39. The number of allylic oxidation sites excluding steroid dienone is 2. The first-order chi connectivity index (χ1) is 12.2. The van der Waals surface area contributed by atoms with E-state index in [9.17, 15) is 0 Å². The topological polar surface area (TPSA) is 18.5 Å². The van der Waals surface area contributed by atoms with Crippen LogP contribution in [0.15, 0.2) is 54.6 Å². The number of rotatable bonds is 8. The van der Waals surface area contributed by atoms with Gasteiger partial charge in [0.05, 0.1) is 30.3 Å². The van der Waals surface area contributed by atoms with Crippen molar-refractivity contribution in [3.63, 3.8) is 0 Å². The molecule has 0 bridgehead atoms. The maximum atomic E-state index is 6.53. The lowest BCUT2D eigenvalue weighted by atomic mass is 10.1. The standard InChI is InChI=1S/C22H27ClO2/c1-3-5-7-14-19(23)21-15-10-11-16-22(25-21)20(4-2)24-17-18-12-8-6-9-13-18/h1,5-13,19-22H,4,14-17H2,2H3/b7-5-/t19-,20+,21-,22-/m1/s1. The van der Waals surface area contributed by atoms with Gasteiger partial charge in [0.15, 0.2) is 0 Å². The average Bonchev–Trinajstić information content (AvgIpc) is 2.90. The zero-order chi connectivity index (χ0) is 17.9. The van der Waals surface area contributed by atoms with Gasteiger partial charge in [0.25, 0.3) is 0 Å². The fourth-order valence-electron chi connectivity index (χ4n) is 2.95. The Kier molecular flexibility index (Phi) is 8.83. The average molecular weight is 359 g/mol. The Balaban J connectivity index is 1.94. The summed E-state index contributed by atoms with van der Waals surface area (Å²) in [7, 11) is 0. The van der Waals surface area contributed by atoms with Crippen LogP contribution in [0.1, 0.15) is 38.2 Å². The Morgan fingerprint density at radius 2 is 2.00 bits per heavy atom. The Labute approximate surface area is 156 Å². The van der Waals surface area contributed by atoms with Gasteiger partial charge >= 0.3 is 0 Å². The van der Waals surface area contributed by atoms with Crippen molar-refractivity contribution in [2.75, 3.05) is 0 Å². The Bertz CT molecular complexity index is 588. The summed E-state index contributed by atoms with van der Waals surface area (Å²) in [5.41, 5.74) is 1.18. The van der Waals surface area contributed by atoms with E-state index in [2.05, 4.69) is 37.1 Å². The lowest BCUT2D eigenvalue weighted by Crippen LogP contribution is -2.36. The smallest absolute Gasteiger partial charge is 0.0875 e. The summed E-state index contributed by atoms with van der Waals surface area (Å²) in [5.74, 6) is 2.49. The molecule has 1 aromatic carbocycles. The summed E-state index contributed by atoms with van der Waals surface area (Å²) in [6.45, 7) is 2.74. The van der Waals surface area contributed by atoms with Crippen molar-refractivity contribution >= 4 is 11.6 Å². The normalized spacial score (nSPS) is 23.1. The lowest BCUT2D eigenvalue weighted by Gasteiger charge is -2.30. The van der Waals surface area contributed by atoms with Crippen molar-refractivity contribution in [3.8, 4) is 12.3 Å². The van der Waals surface area contributed by atoms with Crippen LogP contribution in [0, 0.1) is 12.3 Å². The molecule has 1 aliphatic heterocycles. The van der Waals surface area contributed by atoms with Gasteiger partial charge < -0.3 is 9.47 Å². The number of benzene rings is 1. The van der Waals surface area contributed by atoms with Gasteiger partial charge in [-0.15, -0.1) is 18.0 Å². The van der Waals surface area contributed by atoms with Crippen molar-refractivity contribution in [1.29, 1.82) is 0 Å². The van der Waals surface area contributed by atoms with Crippen molar-refractivity contribution in [2.24, 2.45) is 0 Å². The summed E-state index contributed by atoms with van der Waals surface area (Å²) in [5, 5.41) is -0.0959. The van der Waals surface area contributed by atoms with Crippen LogP contribution in [-0.2, 0) is 16.1 Å². The number of hydrogen-bond acceptors (Lipinski definition) is 2. The predicted molar refractivity (Wildman–Crippen MR) is 105 cm³/mol. The fraction of sp³-hybridized carbons (Fsp3) is 0.455. The highest BCUT2D eigenvalue weighted by Crippen LogP contribution is 2.25. The molecule has 134 valence electrons. The molecule has 25 heavy (non-hydrogen) atoms. The second-order valence-corrected chi connectivity index (χ2v) is 6.78. The van der Waals surface area contributed by atoms with Crippen LogP contribution in [0.4, 0.5) is 0 Å². The van der Waals surface area contributed by atoms with Crippen LogP contribution >= 0.6 is 11.6 Å². The summed E-state index contributed by atoms with van der Waals surface area (Å²) >= 11 is 6.53. The van der Waals surface area contributed by atoms with E-state index in [1.54, 1.807) is 6.08 Å². The van der Waals surface area contributed by atoms with E-state index in [0.29, 0.717) is 13.0 Å². The van der Waals surface area contributed by atoms with Gasteiger partial charge in [-0.1, -0.05) is 61.4 Å². The minimum atomic E-state index is -0.0959. The largest absolute Gasteiger partial charge is 0.371 e. The molecule has 1 aliphatic rings. The summed E-state index contributed by atoms with van der Waals surface area (Å²) in [6, 6.07) is 10.2. The van der Waals surface area contributed by atoms with Crippen molar-refractivity contribution in [3.05, 3.63) is 60.2 Å². The van der Waals surface area contributed by atoms with E-state index in [4.69, 9.17) is 27.5 Å². The molecule has 1 heterocycles. The molecule has 1 aromatic rings. The molecule has 3 heteroatoms.